The molecule has 0 bridgehead atoms. The highest BCUT2D eigenvalue weighted by atomic mass is 35.5. The van der Waals surface area contributed by atoms with Crippen LogP contribution in [-0.4, -0.2) is 25.2 Å². The summed E-state index contributed by atoms with van der Waals surface area (Å²) in [6.45, 7) is 0. The average Bonchev–Trinajstić information content (AvgIpc) is 2.77. The van der Waals surface area contributed by atoms with Gasteiger partial charge >= 0.3 is 0 Å². The molecule has 6 nitrogen and oxygen atoms in total. The van der Waals surface area contributed by atoms with Gasteiger partial charge in [0.2, 0.25) is 0 Å². The fourth-order valence-electron chi connectivity index (χ4n) is 2.76. The number of benzene rings is 3. The summed E-state index contributed by atoms with van der Waals surface area (Å²) in [6.07, 6.45) is 0. The standard InChI is InChI=1S/C22H18ClF2N3O3S/c1-30-18-11-19(31-2)17(10-15(18)23)28-22(32)27-13-8-6-12(7-9-13)26-21(29)14-4-3-5-16(24)20(14)25/h3-11H,1-2H3,(H,26,29)(H2,27,28,32). The number of thiocarbonyl (C=S) groups is 1. The minimum atomic E-state index is -1.20. The molecule has 32 heavy (non-hydrogen) atoms. The number of nitrogens with one attached hydrogen (secondary N) is 3. The van der Waals surface area contributed by atoms with Gasteiger partial charge < -0.3 is 25.4 Å². The zero-order chi connectivity index (χ0) is 23.3. The SMILES string of the molecule is COc1cc(OC)c(NC(=S)Nc2ccc(NC(=O)c3cccc(F)c3F)cc2)cc1Cl. The van der Waals surface area contributed by atoms with E-state index in [1.165, 1.54) is 26.4 Å². The molecule has 166 valence electrons. The molecule has 0 aliphatic rings. The van der Waals surface area contributed by atoms with Gasteiger partial charge in [-0.2, -0.15) is 0 Å². The van der Waals surface area contributed by atoms with Gasteiger partial charge in [0.15, 0.2) is 16.7 Å². The predicted molar refractivity (Wildman–Crippen MR) is 125 cm³/mol. The third-order valence-corrected chi connectivity index (χ3v) is 4.82. The van der Waals surface area contributed by atoms with E-state index in [0.29, 0.717) is 33.6 Å². The lowest BCUT2D eigenvalue weighted by molar-refractivity contribution is 0.102. The first-order chi connectivity index (χ1) is 15.3. The Balaban J connectivity index is 1.64. The molecule has 0 fully saturated rings. The lowest BCUT2D eigenvalue weighted by Crippen LogP contribution is -2.19. The molecule has 0 aliphatic heterocycles. The molecule has 0 aliphatic carbocycles. The molecule has 3 aromatic rings. The maximum absolute atomic E-state index is 13.8. The Kier molecular flexibility index (Phi) is 7.45. The first-order valence-electron chi connectivity index (χ1n) is 9.17. The van der Waals surface area contributed by atoms with Crippen LogP contribution in [0.15, 0.2) is 54.6 Å². The highest BCUT2D eigenvalue weighted by molar-refractivity contribution is 7.80. The molecule has 0 saturated carbocycles. The Morgan fingerprint density at radius 2 is 1.53 bits per heavy atom. The predicted octanol–water partition coefficient (Wildman–Crippen LogP) is 5.70. The van der Waals surface area contributed by atoms with Gasteiger partial charge in [-0.05, 0) is 54.7 Å². The summed E-state index contributed by atoms with van der Waals surface area (Å²) in [6, 6.07) is 13.2. The van der Waals surface area contributed by atoms with Crippen LogP contribution in [0.3, 0.4) is 0 Å². The van der Waals surface area contributed by atoms with E-state index in [1.807, 2.05) is 0 Å². The van der Waals surface area contributed by atoms with Crippen LogP contribution in [0.25, 0.3) is 0 Å². The van der Waals surface area contributed by atoms with Crippen LogP contribution in [0.2, 0.25) is 5.02 Å². The van der Waals surface area contributed by atoms with Gasteiger partial charge in [0.1, 0.15) is 11.5 Å². The van der Waals surface area contributed by atoms with Crippen molar-refractivity contribution in [2.75, 3.05) is 30.2 Å². The molecule has 0 unspecified atom stereocenters. The third-order valence-electron chi connectivity index (χ3n) is 4.32. The fraction of sp³-hybridized carbons (Fsp3) is 0.0909. The lowest BCUT2D eigenvalue weighted by Gasteiger charge is -2.15. The second kappa shape index (κ2) is 10.3. The van der Waals surface area contributed by atoms with Gasteiger partial charge in [-0.3, -0.25) is 4.79 Å². The van der Waals surface area contributed by atoms with Crippen LogP contribution >= 0.6 is 23.8 Å². The van der Waals surface area contributed by atoms with Crippen molar-refractivity contribution < 1.29 is 23.0 Å². The summed E-state index contributed by atoms with van der Waals surface area (Å²) < 4.78 is 37.6. The number of carbonyl (C=O) groups is 1. The van der Waals surface area contributed by atoms with E-state index >= 15 is 0 Å². The molecule has 0 saturated heterocycles. The van der Waals surface area contributed by atoms with E-state index in [1.54, 1.807) is 36.4 Å². The summed E-state index contributed by atoms with van der Waals surface area (Å²) in [4.78, 5) is 12.2. The molecule has 0 spiro atoms. The Hall–Kier alpha value is -3.43. The van der Waals surface area contributed by atoms with Crippen molar-refractivity contribution in [3.63, 3.8) is 0 Å². The number of hydrogen-bond donors (Lipinski definition) is 3. The molecule has 0 atom stereocenters. The van der Waals surface area contributed by atoms with Crippen molar-refractivity contribution in [3.8, 4) is 11.5 Å². The van der Waals surface area contributed by atoms with Gasteiger partial charge in [0.05, 0.1) is 30.5 Å². The molecule has 10 heteroatoms. The van der Waals surface area contributed by atoms with Crippen molar-refractivity contribution in [1.29, 1.82) is 0 Å². The Labute approximate surface area is 193 Å². The van der Waals surface area contributed by atoms with E-state index in [-0.39, 0.29) is 10.7 Å². The number of hydrogen-bond acceptors (Lipinski definition) is 4. The smallest absolute Gasteiger partial charge is 0.258 e. The van der Waals surface area contributed by atoms with Gasteiger partial charge in [-0.1, -0.05) is 17.7 Å². The molecule has 3 aromatic carbocycles. The lowest BCUT2D eigenvalue weighted by atomic mass is 10.2. The number of amides is 1. The van der Waals surface area contributed by atoms with Crippen LogP contribution < -0.4 is 25.4 Å². The van der Waals surface area contributed by atoms with Gasteiger partial charge in [0, 0.05) is 17.4 Å². The second-order valence-electron chi connectivity index (χ2n) is 6.40. The van der Waals surface area contributed by atoms with E-state index in [9.17, 15) is 13.6 Å². The first-order valence-corrected chi connectivity index (χ1v) is 9.96. The summed E-state index contributed by atoms with van der Waals surface area (Å²) in [5.74, 6) is -2.10. The van der Waals surface area contributed by atoms with E-state index in [0.717, 1.165) is 6.07 Å². The molecular weight excluding hydrogens is 460 g/mol. The summed E-state index contributed by atoms with van der Waals surface area (Å²) in [5.41, 5.74) is 1.17. The monoisotopic (exact) mass is 477 g/mol. The minimum Gasteiger partial charge on any atom is -0.495 e. The Morgan fingerprint density at radius 1 is 0.906 bits per heavy atom. The highest BCUT2D eigenvalue weighted by Crippen LogP contribution is 2.36. The minimum absolute atomic E-state index is 0.267. The van der Waals surface area contributed by atoms with Crippen LogP contribution in [0.4, 0.5) is 25.8 Å². The largest absolute Gasteiger partial charge is 0.495 e. The van der Waals surface area contributed by atoms with E-state index in [4.69, 9.17) is 33.3 Å². The van der Waals surface area contributed by atoms with Crippen molar-refractivity contribution in [2.45, 2.75) is 0 Å². The number of halogens is 3. The van der Waals surface area contributed by atoms with Crippen molar-refractivity contribution >= 4 is 51.9 Å². The van der Waals surface area contributed by atoms with Crippen molar-refractivity contribution in [2.24, 2.45) is 0 Å². The summed E-state index contributed by atoms with van der Waals surface area (Å²) in [5, 5.41) is 9.14. The summed E-state index contributed by atoms with van der Waals surface area (Å²) >= 11 is 11.5. The number of methoxy groups -OCH3 is 2. The molecule has 0 radical (unpaired) electrons. The normalized spacial score (nSPS) is 10.3. The number of ether oxygens (including phenoxy) is 2. The zero-order valence-electron chi connectivity index (χ0n) is 17.0. The Morgan fingerprint density at radius 3 is 2.16 bits per heavy atom. The zero-order valence-corrected chi connectivity index (χ0v) is 18.5. The molecule has 1 amide bonds. The molecule has 3 rings (SSSR count). The maximum Gasteiger partial charge on any atom is 0.258 e. The molecular formula is C22H18ClF2N3O3S. The van der Waals surface area contributed by atoms with Crippen molar-refractivity contribution in [3.05, 3.63) is 76.8 Å². The average molecular weight is 478 g/mol. The molecule has 0 aromatic heterocycles. The number of rotatable bonds is 6. The molecule has 3 N–H and O–H groups in total. The van der Waals surface area contributed by atoms with Gasteiger partial charge in [-0.25, -0.2) is 8.78 Å². The molecule has 0 heterocycles. The quantitative estimate of drug-likeness (QED) is 0.396. The van der Waals surface area contributed by atoms with Crippen LogP contribution in [0.5, 0.6) is 11.5 Å². The van der Waals surface area contributed by atoms with Gasteiger partial charge in [-0.15, -0.1) is 0 Å². The fourth-order valence-corrected chi connectivity index (χ4v) is 3.23. The number of carbonyl (C=O) groups excluding carboxylic acids is 1. The Bertz CT molecular complexity index is 1160. The topological polar surface area (TPSA) is 71.6 Å². The van der Waals surface area contributed by atoms with E-state index in [2.05, 4.69) is 16.0 Å². The number of anilines is 3. The van der Waals surface area contributed by atoms with Crippen LogP contribution in [0, 0.1) is 11.6 Å². The first kappa shape index (κ1) is 23.2. The van der Waals surface area contributed by atoms with Gasteiger partial charge in [0.25, 0.3) is 5.91 Å². The highest BCUT2D eigenvalue weighted by Gasteiger charge is 2.15. The summed E-state index contributed by atoms with van der Waals surface area (Å²) in [7, 11) is 3.01. The maximum atomic E-state index is 13.8. The van der Waals surface area contributed by atoms with Crippen LogP contribution in [-0.2, 0) is 0 Å². The van der Waals surface area contributed by atoms with Crippen molar-refractivity contribution in [1.82, 2.24) is 0 Å². The second-order valence-corrected chi connectivity index (χ2v) is 7.21. The third kappa shape index (κ3) is 5.43. The van der Waals surface area contributed by atoms with E-state index < -0.39 is 17.5 Å². The van der Waals surface area contributed by atoms with Crippen LogP contribution in [0.1, 0.15) is 10.4 Å².